The van der Waals surface area contributed by atoms with Gasteiger partial charge in [0, 0.05) is 13.1 Å². The number of alkyl halides is 3. The summed E-state index contributed by atoms with van der Waals surface area (Å²) in [6.45, 7) is -1.33. The van der Waals surface area contributed by atoms with Gasteiger partial charge in [-0.2, -0.15) is 13.2 Å². The molecule has 0 heterocycles. The van der Waals surface area contributed by atoms with Gasteiger partial charge in [-0.05, 0) is 19.3 Å². The van der Waals surface area contributed by atoms with Crippen LogP contribution in [0.1, 0.15) is 25.7 Å². The van der Waals surface area contributed by atoms with Crippen molar-refractivity contribution in [1.29, 1.82) is 0 Å². The second-order valence-electron chi connectivity index (χ2n) is 4.82. The van der Waals surface area contributed by atoms with Gasteiger partial charge in [0.25, 0.3) is 0 Å². The van der Waals surface area contributed by atoms with Crippen LogP contribution in [-0.4, -0.2) is 47.8 Å². The minimum absolute atomic E-state index is 0.265. The fourth-order valence-electron chi connectivity index (χ4n) is 2.17. The second kappa shape index (κ2) is 6.12. The lowest BCUT2D eigenvalue weighted by atomic mass is 9.86. The molecule has 8 heteroatoms. The fourth-order valence-corrected chi connectivity index (χ4v) is 2.17. The van der Waals surface area contributed by atoms with E-state index in [0.717, 1.165) is 7.05 Å². The molecule has 2 unspecified atom stereocenters. The molecule has 19 heavy (non-hydrogen) atoms. The number of aliphatic carboxylic acids is 1. The third-order valence-corrected chi connectivity index (χ3v) is 3.11. The van der Waals surface area contributed by atoms with Gasteiger partial charge >= 0.3 is 18.2 Å². The van der Waals surface area contributed by atoms with Gasteiger partial charge in [-0.3, -0.25) is 4.79 Å². The van der Waals surface area contributed by atoms with E-state index in [0.29, 0.717) is 24.2 Å². The number of amides is 2. The van der Waals surface area contributed by atoms with Gasteiger partial charge in [0.05, 0.1) is 5.92 Å². The lowest BCUT2D eigenvalue weighted by molar-refractivity contribution is -0.143. The molecule has 0 aliphatic heterocycles. The zero-order valence-corrected chi connectivity index (χ0v) is 10.5. The Kier molecular flexibility index (Phi) is 5.02. The van der Waals surface area contributed by atoms with Gasteiger partial charge in [-0.15, -0.1) is 0 Å². The van der Waals surface area contributed by atoms with E-state index in [9.17, 15) is 22.8 Å². The van der Waals surface area contributed by atoms with Crippen LogP contribution >= 0.6 is 0 Å². The zero-order valence-electron chi connectivity index (χ0n) is 10.5. The summed E-state index contributed by atoms with van der Waals surface area (Å²) in [6, 6.07) is -1.20. The molecule has 2 atom stereocenters. The highest BCUT2D eigenvalue weighted by Crippen LogP contribution is 2.24. The molecule has 2 amide bonds. The first-order valence-electron chi connectivity index (χ1n) is 6.00. The number of carboxylic acid groups (broad SMARTS) is 1. The molecule has 0 bridgehead atoms. The van der Waals surface area contributed by atoms with Crippen molar-refractivity contribution < 1.29 is 27.9 Å². The summed E-state index contributed by atoms with van der Waals surface area (Å²) in [5.41, 5.74) is 0. The summed E-state index contributed by atoms with van der Waals surface area (Å²) in [4.78, 5) is 22.9. The minimum atomic E-state index is -4.44. The van der Waals surface area contributed by atoms with Gasteiger partial charge in [-0.1, -0.05) is 6.42 Å². The lowest BCUT2D eigenvalue weighted by Gasteiger charge is -2.29. The highest BCUT2D eigenvalue weighted by atomic mass is 19.4. The Balaban J connectivity index is 2.45. The van der Waals surface area contributed by atoms with E-state index in [1.54, 1.807) is 0 Å². The van der Waals surface area contributed by atoms with Crippen molar-refractivity contribution in [1.82, 2.24) is 10.2 Å². The molecule has 1 aliphatic carbocycles. The van der Waals surface area contributed by atoms with Crippen molar-refractivity contribution in [2.45, 2.75) is 37.9 Å². The predicted octanol–water partition coefficient (Wildman–Crippen LogP) is 1.83. The van der Waals surface area contributed by atoms with Crippen LogP contribution in [0, 0.1) is 5.92 Å². The molecule has 2 N–H and O–H groups in total. The van der Waals surface area contributed by atoms with Crippen LogP contribution in [0.15, 0.2) is 0 Å². The average molecular weight is 282 g/mol. The molecule has 1 saturated carbocycles. The molecule has 110 valence electrons. The number of carbonyl (C=O) groups excluding carboxylic acids is 1. The fraction of sp³-hybridized carbons (Fsp3) is 0.818. The quantitative estimate of drug-likeness (QED) is 0.829. The Labute approximate surface area is 108 Å². The monoisotopic (exact) mass is 282 g/mol. The van der Waals surface area contributed by atoms with Gasteiger partial charge in [0.2, 0.25) is 0 Å². The van der Waals surface area contributed by atoms with E-state index in [1.165, 1.54) is 0 Å². The molecule has 0 spiro atoms. The Morgan fingerprint density at radius 1 is 1.37 bits per heavy atom. The summed E-state index contributed by atoms with van der Waals surface area (Å²) in [5, 5.41) is 11.3. The molecule has 1 rings (SSSR count). The molecule has 1 aliphatic rings. The maximum Gasteiger partial charge on any atom is 0.406 e. The topological polar surface area (TPSA) is 69.6 Å². The van der Waals surface area contributed by atoms with Gasteiger partial charge in [0.1, 0.15) is 6.54 Å². The first-order chi connectivity index (χ1) is 8.69. The second-order valence-corrected chi connectivity index (χ2v) is 4.82. The average Bonchev–Trinajstić information content (AvgIpc) is 2.27. The van der Waals surface area contributed by atoms with Crippen molar-refractivity contribution in [2.75, 3.05) is 13.6 Å². The zero-order chi connectivity index (χ0) is 14.6. The van der Waals surface area contributed by atoms with Crippen LogP contribution in [0.4, 0.5) is 18.0 Å². The predicted molar refractivity (Wildman–Crippen MR) is 60.6 cm³/mol. The van der Waals surface area contributed by atoms with Crippen molar-refractivity contribution in [2.24, 2.45) is 5.92 Å². The Morgan fingerprint density at radius 3 is 2.53 bits per heavy atom. The van der Waals surface area contributed by atoms with E-state index >= 15 is 0 Å². The Bertz CT molecular complexity index is 347. The summed E-state index contributed by atoms with van der Waals surface area (Å²) < 4.78 is 36.3. The van der Waals surface area contributed by atoms with Crippen molar-refractivity contribution in [3.63, 3.8) is 0 Å². The first-order valence-corrected chi connectivity index (χ1v) is 6.00. The maximum atomic E-state index is 12.1. The molecule has 0 aromatic heterocycles. The van der Waals surface area contributed by atoms with E-state index in [2.05, 4.69) is 5.32 Å². The van der Waals surface area contributed by atoms with E-state index in [1.807, 2.05) is 0 Å². The van der Waals surface area contributed by atoms with Crippen LogP contribution in [0.2, 0.25) is 0 Å². The molecule has 0 aromatic rings. The van der Waals surface area contributed by atoms with Crippen molar-refractivity contribution in [3.8, 4) is 0 Å². The number of halogens is 3. The number of nitrogens with one attached hydrogen (secondary N) is 1. The lowest BCUT2D eigenvalue weighted by Crippen LogP contribution is -2.47. The number of urea groups is 1. The largest absolute Gasteiger partial charge is 0.481 e. The van der Waals surface area contributed by atoms with Crippen molar-refractivity contribution in [3.05, 3.63) is 0 Å². The Hall–Kier alpha value is -1.47. The van der Waals surface area contributed by atoms with Crippen LogP contribution in [0.3, 0.4) is 0 Å². The molecule has 0 saturated heterocycles. The van der Waals surface area contributed by atoms with E-state index in [-0.39, 0.29) is 12.5 Å². The minimum Gasteiger partial charge on any atom is -0.481 e. The third-order valence-electron chi connectivity index (χ3n) is 3.11. The normalized spacial score (nSPS) is 23.8. The number of hydrogen-bond donors (Lipinski definition) is 2. The van der Waals surface area contributed by atoms with E-state index < -0.39 is 30.6 Å². The van der Waals surface area contributed by atoms with Crippen LogP contribution in [0.5, 0.6) is 0 Å². The first kappa shape index (κ1) is 15.6. The Morgan fingerprint density at radius 2 is 2.00 bits per heavy atom. The highest BCUT2D eigenvalue weighted by Gasteiger charge is 2.33. The SMILES string of the molecule is CN(CC(F)(F)F)C(=O)NC1CCCC(C(=O)O)C1. The van der Waals surface area contributed by atoms with Crippen LogP contribution in [0.25, 0.3) is 0 Å². The highest BCUT2D eigenvalue weighted by molar-refractivity contribution is 5.74. The molecule has 0 radical (unpaired) electrons. The van der Waals surface area contributed by atoms with E-state index in [4.69, 9.17) is 5.11 Å². The number of carboxylic acids is 1. The summed E-state index contributed by atoms with van der Waals surface area (Å²) in [5.74, 6) is -1.46. The summed E-state index contributed by atoms with van der Waals surface area (Å²) in [6.07, 6.45) is -2.40. The van der Waals surface area contributed by atoms with Gasteiger partial charge in [-0.25, -0.2) is 4.79 Å². The van der Waals surface area contributed by atoms with Crippen LogP contribution in [-0.2, 0) is 4.79 Å². The molecule has 5 nitrogen and oxygen atoms in total. The van der Waals surface area contributed by atoms with Gasteiger partial charge in [0.15, 0.2) is 0 Å². The van der Waals surface area contributed by atoms with Crippen molar-refractivity contribution >= 4 is 12.0 Å². The molecular weight excluding hydrogens is 265 g/mol. The summed E-state index contributed by atoms with van der Waals surface area (Å²) >= 11 is 0. The molecule has 1 fully saturated rings. The molecule has 0 aromatic carbocycles. The number of hydrogen-bond acceptors (Lipinski definition) is 2. The maximum absolute atomic E-state index is 12.1. The van der Waals surface area contributed by atoms with Crippen LogP contribution < -0.4 is 5.32 Å². The number of rotatable bonds is 3. The summed E-state index contributed by atoms with van der Waals surface area (Å²) in [7, 11) is 1.06. The third kappa shape index (κ3) is 5.35. The van der Waals surface area contributed by atoms with Gasteiger partial charge < -0.3 is 15.3 Å². The molecular formula is C11H17F3N2O3. The number of nitrogens with zero attached hydrogens (tertiary/aromatic N) is 1. The number of carbonyl (C=O) groups is 2. The smallest absolute Gasteiger partial charge is 0.406 e. The standard InChI is InChI=1S/C11H17F3N2O3/c1-16(6-11(12,13)14)10(19)15-8-4-2-3-7(5-8)9(17)18/h7-8H,2-6H2,1H3,(H,15,19)(H,17,18).